The number of hydrogen-bond donors (Lipinski definition) is 1. The minimum absolute atomic E-state index is 0.0460. The van der Waals surface area contributed by atoms with E-state index in [0.29, 0.717) is 60.0 Å². The van der Waals surface area contributed by atoms with Crippen LogP contribution in [-0.4, -0.2) is 57.8 Å². The Bertz CT molecular complexity index is 1600. The summed E-state index contributed by atoms with van der Waals surface area (Å²) in [6, 6.07) is 12.6. The molecule has 3 heterocycles. The van der Waals surface area contributed by atoms with Gasteiger partial charge in [-0.3, -0.25) is 14.3 Å². The lowest BCUT2D eigenvalue weighted by molar-refractivity contribution is -0.141. The monoisotopic (exact) mass is 615 g/mol. The molecule has 8 nitrogen and oxygen atoms in total. The number of anilines is 1. The molecule has 2 aromatic carbocycles. The van der Waals surface area contributed by atoms with Crippen LogP contribution in [0.4, 0.5) is 18.9 Å². The van der Waals surface area contributed by atoms with E-state index in [0.717, 1.165) is 11.6 Å². The number of nitrogens with zero attached hydrogens (tertiary/aromatic N) is 4. The van der Waals surface area contributed by atoms with E-state index in [1.165, 1.54) is 6.07 Å². The first-order chi connectivity index (χ1) is 19.0. The first kappa shape index (κ1) is 27.8. The summed E-state index contributed by atoms with van der Waals surface area (Å²) >= 11 is 3.31. The molecule has 1 fully saturated rings. The van der Waals surface area contributed by atoms with Gasteiger partial charge in [0.15, 0.2) is 0 Å². The Morgan fingerprint density at radius 2 is 1.75 bits per heavy atom. The van der Waals surface area contributed by atoms with Crippen molar-refractivity contribution in [3.05, 3.63) is 86.8 Å². The summed E-state index contributed by atoms with van der Waals surface area (Å²) in [5.41, 5.74) is 1.80. The predicted octanol–water partition coefficient (Wildman–Crippen LogP) is 5.60. The number of halogens is 4. The summed E-state index contributed by atoms with van der Waals surface area (Å²) in [5.74, 6) is -0.747. The van der Waals surface area contributed by atoms with Crippen LogP contribution in [0.1, 0.15) is 43.4 Å². The second-order valence-electron chi connectivity index (χ2n) is 9.47. The molecule has 1 saturated heterocycles. The van der Waals surface area contributed by atoms with Gasteiger partial charge in [-0.05, 0) is 55.8 Å². The lowest BCUT2D eigenvalue weighted by Crippen LogP contribution is -2.40. The Labute approximate surface area is 236 Å². The van der Waals surface area contributed by atoms with E-state index in [1.54, 1.807) is 47.7 Å². The Hall–Kier alpha value is -3.77. The molecule has 1 aliphatic heterocycles. The number of carbonyl (C=O) groups is 2. The predicted molar refractivity (Wildman–Crippen MR) is 146 cm³/mol. The van der Waals surface area contributed by atoms with Crippen molar-refractivity contribution >= 4 is 44.3 Å². The van der Waals surface area contributed by atoms with Crippen molar-refractivity contribution in [1.82, 2.24) is 19.7 Å². The average Bonchev–Trinajstić information content (AvgIpc) is 3.19. The molecule has 5 rings (SSSR count). The maximum Gasteiger partial charge on any atom is 0.433 e. The molecule has 4 aromatic rings. The fourth-order valence-corrected chi connectivity index (χ4v) is 4.98. The summed E-state index contributed by atoms with van der Waals surface area (Å²) < 4.78 is 48.2. The zero-order valence-electron chi connectivity index (χ0n) is 21.7. The number of morpholine rings is 1. The van der Waals surface area contributed by atoms with Gasteiger partial charge in [0.1, 0.15) is 5.69 Å². The van der Waals surface area contributed by atoms with E-state index in [-0.39, 0.29) is 22.4 Å². The van der Waals surface area contributed by atoms with Crippen LogP contribution in [-0.2, 0) is 17.5 Å². The molecular weight excluding hydrogens is 591 g/mol. The van der Waals surface area contributed by atoms with Crippen molar-refractivity contribution in [3.8, 4) is 0 Å². The second-order valence-corrected chi connectivity index (χ2v) is 10.4. The largest absolute Gasteiger partial charge is 0.433 e. The highest BCUT2D eigenvalue weighted by Crippen LogP contribution is 2.32. The van der Waals surface area contributed by atoms with Crippen molar-refractivity contribution in [3.63, 3.8) is 0 Å². The van der Waals surface area contributed by atoms with E-state index in [4.69, 9.17) is 4.74 Å². The van der Waals surface area contributed by atoms with Crippen molar-refractivity contribution in [2.75, 3.05) is 31.6 Å². The minimum atomic E-state index is -4.71. The number of benzene rings is 2. The molecule has 2 amide bonds. The number of ether oxygens (including phenoxy) is 1. The molecular formula is C28H25BrF3N5O3. The standard InChI is InChI=1S/C28H25BrF3N5O3/c1-16-25(34-26(38)22-14-24(28(30,31)32)33-23-8-7-20(29)13-21(22)23)17(2)37(35-16)15-18-3-5-19(6-4-18)27(39)36-9-11-40-12-10-36/h3-8,13-14H,9-12,15H2,1-2H3,(H,34,38). The molecule has 2 aromatic heterocycles. The highest BCUT2D eigenvalue weighted by Gasteiger charge is 2.34. The van der Waals surface area contributed by atoms with Gasteiger partial charge in [0.25, 0.3) is 11.8 Å². The van der Waals surface area contributed by atoms with Gasteiger partial charge >= 0.3 is 6.18 Å². The smallest absolute Gasteiger partial charge is 0.378 e. The van der Waals surface area contributed by atoms with Crippen molar-refractivity contribution in [1.29, 1.82) is 0 Å². The minimum Gasteiger partial charge on any atom is -0.378 e. The normalized spacial score (nSPS) is 14.0. The van der Waals surface area contributed by atoms with Gasteiger partial charge in [-0.1, -0.05) is 28.1 Å². The summed E-state index contributed by atoms with van der Waals surface area (Å²) in [6.45, 7) is 6.03. The van der Waals surface area contributed by atoms with Crippen molar-refractivity contribution < 1.29 is 27.5 Å². The summed E-state index contributed by atoms with van der Waals surface area (Å²) in [7, 11) is 0. The summed E-state index contributed by atoms with van der Waals surface area (Å²) in [5, 5.41) is 7.57. The Kier molecular flexibility index (Phi) is 7.65. The van der Waals surface area contributed by atoms with E-state index >= 15 is 0 Å². The van der Waals surface area contributed by atoms with E-state index < -0.39 is 17.8 Å². The van der Waals surface area contributed by atoms with Gasteiger partial charge in [0, 0.05) is 28.5 Å². The van der Waals surface area contributed by atoms with Gasteiger partial charge < -0.3 is 15.0 Å². The maximum absolute atomic E-state index is 13.5. The van der Waals surface area contributed by atoms with Crippen LogP contribution in [0.2, 0.25) is 0 Å². The Balaban J connectivity index is 1.37. The summed E-state index contributed by atoms with van der Waals surface area (Å²) in [4.78, 5) is 31.5. The van der Waals surface area contributed by atoms with Crippen molar-refractivity contribution in [2.24, 2.45) is 0 Å². The van der Waals surface area contributed by atoms with Crippen LogP contribution in [0, 0.1) is 13.8 Å². The van der Waals surface area contributed by atoms with Crippen LogP contribution in [0.25, 0.3) is 10.9 Å². The number of rotatable bonds is 5. The van der Waals surface area contributed by atoms with Crippen LogP contribution in [0.3, 0.4) is 0 Å². The second kappa shape index (κ2) is 11.0. The van der Waals surface area contributed by atoms with Gasteiger partial charge in [-0.25, -0.2) is 4.98 Å². The number of aromatic nitrogens is 3. The lowest BCUT2D eigenvalue weighted by atomic mass is 10.1. The number of amides is 2. The zero-order valence-corrected chi connectivity index (χ0v) is 23.3. The number of nitrogens with one attached hydrogen (secondary N) is 1. The summed E-state index contributed by atoms with van der Waals surface area (Å²) in [6.07, 6.45) is -4.71. The highest BCUT2D eigenvalue weighted by atomic mass is 79.9. The molecule has 0 aliphatic carbocycles. The van der Waals surface area contributed by atoms with E-state index in [1.807, 2.05) is 12.1 Å². The average molecular weight is 616 g/mol. The molecule has 0 atom stereocenters. The fourth-order valence-electron chi connectivity index (χ4n) is 4.62. The van der Waals surface area contributed by atoms with Crippen LogP contribution in [0.5, 0.6) is 0 Å². The molecule has 0 radical (unpaired) electrons. The number of carbonyl (C=O) groups excluding carboxylic acids is 2. The van der Waals surface area contributed by atoms with Gasteiger partial charge in [0.2, 0.25) is 0 Å². The van der Waals surface area contributed by atoms with Gasteiger partial charge in [-0.2, -0.15) is 18.3 Å². The molecule has 208 valence electrons. The molecule has 0 spiro atoms. The fraction of sp³-hybridized carbons (Fsp3) is 0.286. The Morgan fingerprint density at radius 1 is 1.05 bits per heavy atom. The SMILES string of the molecule is Cc1nn(Cc2ccc(C(=O)N3CCOCC3)cc2)c(C)c1NC(=O)c1cc(C(F)(F)F)nc2ccc(Br)cc12. The van der Waals surface area contributed by atoms with Crippen LogP contribution in [0.15, 0.2) is 53.0 Å². The van der Waals surface area contributed by atoms with E-state index in [9.17, 15) is 22.8 Å². The van der Waals surface area contributed by atoms with Crippen molar-refractivity contribution in [2.45, 2.75) is 26.6 Å². The molecule has 40 heavy (non-hydrogen) atoms. The van der Waals surface area contributed by atoms with Gasteiger partial charge in [0.05, 0.1) is 47.9 Å². The lowest BCUT2D eigenvalue weighted by Gasteiger charge is -2.26. The number of pyridine rings is 1. The topological polar surface area (TPSA) is 89.4 Å². The molecule has 0 unspecified atom stereocenters. The molecule has 12 heteroatoms. The zero-order chi connectivity index (χ0) is 28.6. The van der Waals surface area contributed by atoms with Crippen LogP contribution < -0.4 is 5.32 Å². The molecule has 0 saturated carbocycles. The molecule has 1 N–H and O–H groups in total. The molecule has 1 aliphatic rings. The number of aryl methyl sites for hydroxylation is 1. The van der Waals surface area contributed by atoms with Gasteiger partial charge in [-0.15, -0.1) is 0 Å². The first-order valence-electron chi connectivity index (χ1n) is 12.5. The van der Waals surface area contributed by atoms with E-state index in [2.05, 4.69) is 31.3 Å². The highest BCUT2D eigenvalue weighted by molar-refractivity contribution is 9.10. The maximum atomic E-state index is 13.5. The third kappa shape index (κ3) is 5.73. The number of fused-ring (bicyclic) bond motifs is 1. The first-order valence-corrected chi connectivity index (χ1v) is 13.3. The van der Waals surface area contributed by atoms with Crippen LogP contribution >= 0.6 is 15.9 Å². The Morgan fingerprint density at radius 3 is 2.42 bits per heavy atom. The number of alkyl halides is 3. The third-order valence-corrected chi connectivity index (χ3v) is 7.25. The third-order valence-electron chi connectivity index (χ3n) is 6.76. The molecule has 0 bridgehead atoms. The number of hydrogen-bond acceptors (Lipinski definition) is 5. The quantitative estimate of drug-likeness (QED) is 0.316.